The minimum atomic E-state index is 1.10. The molecule has 0 N–H and O–H groups in total. The summed E-state index contributed by atoms with van der Waals surface area (Å²) in [6, 6.07) is 8.45. The smallest absolute Gasteiger partial charge is 0.105 e. The Morgan fingerprint density at radius 2 is 1.29 bits per heavy atom. The summed E-state index contributed by atoms with van der Waals surface area (Å²) in [6.45, 7) is 4.45. The standard InChI is InChI=1S/C18H24N2S/c1-3-5-9-15-11-7-13-19-17(15)21-18-16(10-6-4-2)12-8-14-20-18/h7-8,11-14H,3-6,9-10H2,1-2H3. The van der Waals surface area contributed by atoms with E-state index in [4.69, 9.17) is 0 Å². The van der Waals surface area contributed by atoms with Crippen molar-refractivity contribution in [3.63, 3.8) is 0 Å². The van der Waals surface area contributed by atoms with Gasteiger partial charge in [-0.25, -0.2) is 9.97 Å². The number of hydrogen-bond donors (Lipinski definition) is 0. The van der Waals surface area contributed by atoms with Crippen molar-refractivity contribution in [2.45, 2.75) is 62.4 Å². The van der Waals surface area contributed by atoms with Gasteiger partial charge in [-0.05, 0) is 60.7 Å². The molecule has 0 unspecified atom stereocenters. The van der Waals surface area contributed by atoms with Crippen molar-refractivity contribution in [3.05, 3.63) is 47.8 Å². The summed E-state index contributed by atoms with van der Waals surface area (Å²) >= 11 is 1.72. The Morgan fingerprint density at radius 1 is 0.810 bits per heavy atom. The Balaban J connectivity index is 2.18. The van der Waals surface area contributed by atoms with Crippen molar-refractivity contribution in [1.29, 1.82) is 0 Å². The van der Waals surface area contributed by atoms with Gasteiger partial charge in [-0.1, -0.05) is 38.8 Å². The van der Waals surface area contributed by atoms with Gasteiger partial charge < -0.3 is 0 Å². The van der Waals surface area contributed by atoms with Crippen LogP contribution in [0.2, 0.25) is 0 Å². The van der Waals surface area contributed by atoms with Crippen molar-refractivity contribution >= 4 is 11.8 Å². The van der Waals surface area contributed by atoms with Crippen LogP contribution in [0, 0.1) is 0 Å². The minimum absolute atomic E-state index is 1.10. The second kappa shape index (κ2) is 8.83. The Kier molecular flexibility index (Phi) is 6.74. The summed E-state index contributed by atoms with van der Waals surface area (Å²) in [5.74, 6) is 0. The molecule has 0 atom stereocenters. The number of pyridine rings is 2. The quantitative estimate of drug-likeness (QED) is 0.660. The molecule has 2 nitrogen and oxygen atoms in total. The van der Waals surface area contributed by atoms with Gasteiger partial charge in [0, 0.05) is 12.4 Å². The fraction of sp³-hybridized carbons (Fsp3) is 0.444. The molecular formula is C18H24N2S. The molecule has 0 aliphatic rings. The summed E-state index contributed by atoms with van der Waals surface area (Å²) in [6.07, 6.45) is 10.8. The Hall–Kier alpha value is -1.35. The number of unbranched alkanes of at least 4 members (excludes halogenated alkanes) is 2. The van der Waals surface area contributed by atoms with Crippen molar-refractivity contribution in [3.8, 4) is 0 Å². The third-order valence-corrected chi connectivity index (χ3v) is 4.61. The average molecular weight is 300 g/mol. The molecule has 0 fully saturated rings. The molecule has 3 heteroatoms. The first-order valence-electron chi connectivity index (χ1n) is 7.90. The Bertz CT molecular complexity index is 505. The topological polar surface area (TPSA) is 25.8 Å². The summed E-state index contributed by atoms with van der Waals surface area (Å²) in [4.78, 5) is 9.14. The van der Waals surface area contributed by atoms with Crippen LogP contribution in [-0.2, 0) is 12.8 Å². The van der Waals surface area contributed by atoms with Crippen molar-refractivity contribution in [1.82, 2.24) is 9.97 Å². The van der Waals surface area contributed by atoms with E-state index in [0.29, 0.717) is 0 Å². The fourth-order valence-electron chi connectivity index (χ4n) is 2.24. The first-order chi connectivity index (χ1) is 10.3. The van der Waals surface area contributed by atoms with Gasteiger partial charge in [-0.2, -0.15) is 0 Å². The number of rotatable bonds is 8. The normalized spacial score (nSPS) is 10.8. The zero-order valence-corrected chi connectivity index (χ0v) is 13.8. The van der Waals surface area contributed by atoms with Gasteiger partial charge in [0.05, 0.1) is 0 Å². The number of aromatic nitrogens is 2. The highest BCUT2D eigenvalue weighted by Gasteiger charge is 2.09. The average Bonchev–Trinajstić information content (AvgIpc) is 2.53. The van der Waals surface area contributed by atoms with Crippen LogP contribution in [0.15, 0.2) is 46.7 Å². The van der Waals surface area contributed by atoms with Crippen LogP contribution in [0.25, 0.3) is 0 Å². The van der Waals surface area contributed by atoms with E-state index in [0.717, 1.165) is 22.9 Å². The second-order valence-electron chi connectivity index (χ2n) is 5.24. The predicted octanol–water partition coefficient (Wildman–Crippen LogP) is 5.31. The highest BCUT2D eigenvalue weighted by atomic mass is 32.2. The summed E-state index contributed by atoms with van der Waals surface area (Å²) in [7, 11) is 0. The van der Waals surface area contributed by atoms with Gasteiger partial charge in [0.15, 0.2) is 0 Å². The molecule has 0 saturated heterocycles. The molecule has 0 radical (unpaired) electrons. The molecule has 0 saturated carbocycles. The lowest BCUT2D eigenvalue weighted by Gasteiger charge is -2.10. The van der Waals surface area contributed by atoms with E-state index in [9.17, 15) is 0 Å². The number of nitrogens with zero attached hydrogens (tertiary/aromatic N) is 2. The number of hydrogen-bond acceptors (Lipinski definition) is 3. The van der Waals surface area contributed by atoms with Gasteiger partial charge >= 0.3 is 0 Å². The predicted molar refractivity (Wildman–Crippen MR) is 89.8 cm³/mol. The third-order valence-electron chi connectivity index (χ3n) is 3.49. The summed E-state index contributed by atoms with van der Waals surface area (Å²) < 4.78 is 0. The molecule has 2 aromatic rings. The lowest BCUT2D eigenvalue weighted by molar-refractivity contribution is 0.770. The molecule has 0 bridgehead atoms. The Labute approximate surface area is 132 Å². The molecule has 0 aromatic carbocycles. The highest BCUT2D eigenvalue weighted by Crippen LogP contribution is 2.30. The maximum Gasteiger partial charge on any atom is 0.105 e. The van der Waals surface area contributed by atoms with E-state index < -0.39 is 0 Å². The maximum atomic E-state index is 4.57. The van der Waals surface area contributed by atoms with E-state index in [1.54, 1.807) is 11.8 Å². The fourth-order valence-corrected chi connectivity index (χ4v) is 3.25. The molecule has 112 valence electrons. The molecule has 0 aliphatic carbocycles. The van der Waals surface area contributed by atoms with Crippen LogP contribution in [0.5, 0.6) is 0 Å². The van der Waals surface area contributed by atoms with E-state index in [1.165, 1.54) is 36.8 Å². The van der Waals surface area contributed by atoms with E-state index in [1.807, 2.05) is 24.5 Å². The van der Waals surface area contributed by atoms with Crippen LogP contribution in [0.3, 0.4) is 0 Å². The zero-order chi connectivity index (χ0) is 14.9. The SMILES string of the molecule is CCCCc1cccnc1Sc1ncccc1CCCC. The monoisotopic (exact) mass is 300 g/mol. The first kappa shape index (κ1) is 16.0. The van der Waals surface area contributed by atoms with E-state index >= 15 is 0 Å². The first-order valence-corrected chi connectivity index (χ1v) is 8.72. The third kappa shape index (κ3) is 4.85. The van der Waals surface area contributed by atoms with E-state index in [-0.39, 0.29) is 0 Å². The number of aryl methyl sites for hydroxylation is 2. The van der Waals surface area contributed by atoms with Crippen LogP contribution < -0.4 is 0 Å². The zero-order valence-electron chi connectivity index (χ0n) is 13.0. The van der Waals surface area contributed by atoms with Crippen molar-refractivity contribution in [2.24, 2.45) is 0 Å². The lowest BCUT2D eigenvalue weighted by Crippen LogP contribution is -1.95. The molecule has 21 heavy (non-hydrogen) atoms. The van der Waals surface area contributed by atoms with Gasteiger partial charge in [-0.3, -0.25) is 0 Å². The van der Waals surface area contributed by atoms with Crippen LogP contribution in [-0.4, -0.2) is 9.97 Å². The maximum absolute atomic E-state index is 4.57. The van der Waals surface area contributed by atoms with Crippen molar-refractivity contribution < 1.29 is 0 Å². The van der Waals surface area contributed by atoms with E-state index in [2.05, 4.69) is 35.9 Å². The van der Waals surface area contributed by atoms with Gasteiger partial charge in [-0.15, -0.1) is 0 Å². The van der Waals surface area contributed by atoms with Gasteiger partial charge in [0.25, 0.3) is 0 Å². The van der Waals surface area contributed by atoms with Gasteiger partial charge in [0.1, 0.15) is 10.1 Å². The molecular weight excluding hydrogens is 276 g/mol. The highest BCUT2D eigenvalue weighted by molar-refractivity contribution is 7.99. The van der Waals surface area contributed by atoms with Crippen LogP contribution in [0.1, 0.15) is 50.7 Å². The molecule has 2 rings (SSSR count). The summed E-state index contributed by atoms with van der Waals surface area (Å²) in [5.41, 5.74) is 2.69. The Morgan fingerprint density at radius 3 is 1.71 bits per heavy atom. The molecule has 2 heterocycles. The second-order valence-corrected chi connectivity index (χ2v) is 6.22. The molecule has 0 spiro atoms. The van der Waals surface area contributed by atoms with Gasteiger partial charge in [0.2, 0.25) is 0 Å². The summed E-state index contributed by atoms with van der Waals surface area (Å²) in [5, 5.41) is 2.23. The van der Waals surface area contributed by atoms with Crippen LogP contribution >= 0.6 is 11.8 Å². The largest absolute Gasteiger partial charge is 0.249 e. The molecule has 2 aromatic heterocycles. The molecule has 0 aliphatic heterocycles. The van der Waals surface area contributed by atoms with Crippen LogP contribution in [0.4, 0.5) is 0 Å². The minimum Gasteiger partial charge on any atom is -0.249 e. The molecule has 0 amide bonds. The lowest BCUT2D eigenvalue weighted by atomic mass is 10.1. The van der Waals surface area contributed by atoms with Crippen molar-refractivity contribution in [2.75, 3.05) is 0 Å².